The van der Waals surface area contributed by atoms with Crippen molar-refractivity contribution < 1.29 is 0 Å². The van der Waals surface area contributed by atoms with E-state index in [1.807, 2.05) is 12.4 Å². The van der Waals surface area contributed by atoms with Crippen LogP contribution >= 0.6 is 0 Å². The summed E-state index contributed by atoms with van der Waals surface area (Å²) in [4.78, 5) is 4.29. The maximum absolute atomic E-state index is 4.29. The molecule has 2 nitrogen and oxygen atoms in total. The number of hydrogen-bond acceptors (Lipinski definition) is 2. The summed E-state index contributed by atoms with van der Waals surface area (Å²) in [6, 6.07) is 9.39. The molecule has 94 valence electrons. The summed E-state index contributed by atoms with van der Waals surface area (Å²) in [6.45, 7) is 2.37. The van der Waals surface area contributed by atoms with E-state index in [-0.39, 0.29) is 0 Å². The van der Waals surface area contributed by atoms with Crippen LogP contribution in [0.5, 0.6) is 0 Å². The smallest absolute Gasteiger partial charge is 0.0349 e. The maximum Gasteiger partial charge on any atom is 0.0349 e. The van der Waals surface area contributed by atoms with Crippen molar-refractivity contribution in [2.24, 2.45) is 5.92 Å². The first-order chi connectivity index (χ1) is 8.81. The third kappa shape index (κ3) is 1.81. The average molecular weight is 240 g/mol. The van der Waals surface area contributed by atoms with Gasteiger partial charge >= 0.3 is 0 Å². The Balaban J connectivity index is 2.05. The molecule has 0 bridgehead atoms. The minimum absolute atomic E-state index is 0.655. The Kier molecular flexibility index (Phi) is 3.04. The molecule has 3 rings (SSSR count). The van der Waals surface area contributed by atoms with E-state index < -0.39 is 0 Å². The molecular formula is C16H20N2. The summed E-state index contributed by atoms with van der Waals surface area (Å²) in [5, 5.41) is 6.08. The molecular weight excluding hydrogens is 220 g/mol. The van der Waals surface area contributed by atoms with Crippen LogP contribution in [0.1, 0.15) is 31.2 Å². The zero-order chi connectivity index (χ0) is 12.5. The number of hydrogen-bond donors (Lipinski definition) is 1. The second-order valence-electron chi connectivity index (χ2n) is 5.38. The Hall–Kier alpha value is -1.41. The summed E-state index contributed by atoms with van der Waals surface area (Å²) in [7, 11) is 2.08. The topological polar surface area (TPSA) is 24.9 Å². The minimum Gasteiger partial charge on any atom is -0.317 e. The zero-order valence-corrected chi connectivity index (χ0v) is 11.1. The van der Waals surface area contributed by atoms with Gasteiger partial charge in [0.15, 0.2) is 0 Å². The number of fused-ring (bicyclic) bond motifs is 1. The van der Waals surface area contributed by atoms with Crippen molar-refractivity contribution in [2.45, 2.75) is 31.7 Å². The summed E-state index contributed by atoms with van der Waals surface area (Å²) < 4.78 is 0. The van der Waals surface area contributed by atoms with E-state index in [9.17, 15) is 0 Å². The van der Waals surface area contributed by atoms with E-state index in [2.05, 4.69) is 48.5 Å². The Morgan fingerprint density at radius 1 is 1.22 bits per heavy atom. The predicted octanol–water partition coefficient (Wildman–Crippen LogP) is 3.34. The molecule has 1 aromatic carbocycles. The Bertz CT molecular complexity index is 544. The average Bonchev–Trinajstić information content (AvgIpc) is 2.79. The van der Waals surface area contributed by atoms with Crippen LogP contribution in [0.4, 0.5) is 0 Å². The SMILES string of the molecule is CNC1CCC(c2cccc3ccncc23)C1C. The molecule has 0 radical (unpaired) electrons. The molecule has 1 aliphatic rings. The van der Waals surface area contributed by atoms with E-state index in [4.69, 9.17) is 0 Å². The van der Waals surface area contributed by atoms with Gasteiger partial charge in [-0.1, -0.05) is 25.1 Å². The summed E-state index contributed by atoms with van der Waals surface area (Å²) in [5.74, 6) is 1.36. The number of rotatable bonds is 2. The van der Waals surface area contributed by atoms with Gasteiger partial charge < -0.3 is 5.32 Å². The fourth-order valence-corrected chi connectivity index (χ4v) is 3.47. The number of nitrogens with zero attached hydrogens (tertiary/aromatic N) is 1. The van der Waals surface area contributed by atoms with Gasteiger partial charge in [-0.15, -0.1) is 0 Å². The van der Waals surface area contributed by atoms with Gasteiger partial charge in [-0.05, 0) is 48.7 Å². The fourth-order valence-electron chi connectivity index (χ4n) is 3.47. The Morgan fingerprint density at radius 2 is 2.11 bits per heavy atom. The second-order valence-corrected chi connectivity index (χ2v) is 5.38. The first kappa shape index (κ1) is 11.7. The molecule has 0 amide bonds. The van der Waals surface area contributed by atoms with Crippen LogP contribution in [0.15, 0.2) is 36.7 Å². The van der Waals surface area contributed by atoms with Crippen molar-refractivity contribution in [1.29, 1.82) is 0 Å². The molecule has 1 heterocycles. The number of pyridine rings is 1. The van der Waals surface area contributed by atoms with Crippen molar-refractivity contribution in [3.63, 3.8) is 0 Å². The Labute approximate surface area is 108 Å². The molecule has 18 heavy (non-hydrogen) atoms. The van der Waals surface area contributed by atoms with Crippen molar-refractivity contribution in [2.75, 3.05) is 7.05 Å². The number of benzene rings is 1. The van der Waals surface area contributed by atoms with Gasteiger partial charge in [0.05, 0.1) is 0 Å². The predicted molar refractivity (Wildman–Crippen MR) is 75.7 cm³/mol. The Morgan fingerprint density at radius 3 is 2.89 bits per heavy atom. The highest BCUT2D eigenvalue weighted by molar-refractivity contribution is 5.85. The van der Waals surface area contributed by atoms with Gasteiger partial charge in [-0.2, -0.15) is 0 Å². The lowest BCUT2D eigenvalue weighted by molar-refractivity contribution is 0.430. The molecule has 1 saturated carbocycles. The monoisotopic (exact) mass is 240 g/mol. The van der Waals surface area contributed by atoms with Gasteiger partial charge in [-0.25, -0.2) is 0 Å². The van der Waals surface area contributed by atoms with E-state index in [0.717, 1.165) is 0 Å². The highest BCUT2D eigenvalue weighted by Gasteiger charge is 2.33. The first-order valence-corrected chi connectivity index (χ1v) is 6.81. The maximum atomic E-state index is 4.29. The third-order valence-corrected chi connectivity index (χ3v) is 4.55. The molecule has 1 aliphatic carbocycles. The van der Waals surface area contributed by atoms with Gasteiger partial charge in [0, 0.05) is 23.8 Å². The van der Waals surface area contributed by atoms with Crippen LogP contribution in [0, 0.1) is 5.92 Å². The molecule has 1 N–H and O–H groups in total. The number of aromatic nitrogens is 1. The van der Waals surface area contributed by atoms with Crippen LogP contribution in [0.3, 0.4) is 0 Å². The summed E-state index contributed by atoms with van der Waals surface area (Å²) >= 11 is 0. The lowest BCUT2D eigenvalue weighted by Gasteiger charge is -2.21. The highest BCUT2D eigenvalue weighted by atomic mass is 14.9. The lowest BCUT2D eigenvalue weighted by Crippen LogP contribution is -2.28. The molecule has 2 aromatic rings. The molecule has 0 saturated heterocycles. The molecule has 3 atom stereocenters. The quantitative estimate of drug-likeness (QED) is 0.871. The lowest BCUT2D eigenvalue weighted by atomic mass is 9.86. The van der Waals surface area contributed by atoms with Crippen molar-refractivity contribution in [1.82, 2.24) is 10.3 Å². The molecule has 2 heteroatoms. The largest absolute Gasteiger partial charge is 0.317 e. The van der Waals surface area contributed by atoms with Gasteiger partial charge in [0.25, 0.3) is 0 Å². The zero-order valence-electron chi connectivity index (χ0n) is 11.1. The van der Waals surface area contributed by atoms with Crippen molar-refractivity contribution >= 4 is 10.8 Å². The third-order valence-electron chi connectivity index (χ3n) is 4.55. The van der Waals surface area contributed by atoms with Crippen LogP contribution in [0.2, 0.25) is 0 Å². The molecule has 0 aliphatic heterocycles. The van der Waals surface area contributed by atoms with Crippen LogP contribution in [0.25, 0.3) is 10.8 Å². The highest BCUT2D eigenvalue weighted by Crippen LogP contribution is 2.41. The van der Waals surface area contributed by atoms with Gasteiger partial charge in [0.2, 0.25) is 0 Å². The van der Waals surface area contributed by atoms with Crippen LogP contribution in [-0.2, 0) is 0 Å². The summed E-state index contributed by atoms with van der Waals surface area (Å²) in [6.07, 6.45) is 6.45. The van der Waals surface area contributed by atoms with E-state index >= 15 is 0 Å². The molecule has 1 aromatic heterocycles. The normalized spacial score (nSPS) is 27.8. The van der Waals surface area contributed by atoms with Crippen LogP contribution in [-0.4, -0.2) is 18.1 Å². The fraction of sp³-hybridized carbons (Fsp3) is 0.438. The first-order valence-electron chi connectivity index (χ1n) is 6.81. The van der Waals surface area contributed by atoms with E-state index in [1.165, 1.54) is 29.2 Å². The van der Waals surface area contributed by atoms with E-state index in [0.29, 0.717) is 17.9 Å². The van der Waals surface area contributed by atoms with Crippen molar-refractivity contribution in [3.05, 3.63) is 42.2 Å². The van der Waals surface area contributed by atoms with Gasteiger partial charge in [0.1, 0.15) is 0 Å². The molecule has 0 spiro atoms. The van der Waals surface area contributed by atoms with Gasteiger partial charge in [-0.3, -0.25) is 4.98 Å². The van der Waals surface area contributed by atoms with Crippen LogP contribution < -0.4 is 5.32 Å². The van der Waals surface area contributed by atoms with Crippen molar-refractivity contribution in [3.8, 4) is 0 Å². The standard InChI is InChI=1S/C16H20N2/c1-11-13(6-7-16(11)17-2)14-5-3-4-12-8-9-18-10-15(12)14/h3-5,8-11,13,16-17H,6-7H2,1-2H3. The number of nitrogens with one attached hydrogen (secondary N) is 1. The summed E-state index contributed by atoms with van der Waals surface area (Å²) in [5.41, 5.74) is 1.48. The molecule has 3 unspecified atom stereocenters. The second kappa shape index (κ2) is 4.69. The minimum atomic E-state index is 0.655. The van der Waals surface area contributed by atoms with E-state index in [1.54, 1.807) is 0 Å². The molecule has 1 fully saturated rings.